The van der Waals surface area contributed by atoms with Crippen LogP contribution in [0.1, 0.15) is 11.1 Å². The lowest BCUT2D eigenvalue weighted by atomic mass is 10.2. The highest BCUT2D eigenvalue weighted by Crippen LogP contribution is 2.37. The monoisotopic (exact) mass is 702 g/mol. The molecule has 0 saturated heterocycles. The minimum atomic E-state index is -0.532. The number of furan rings is 1. The fourth-order valence-corrected chi connectivity index (χ4v) is 5.37. The van der Waals surface area contributed by atoms with Crippen molar-refractivity contribution in [1.29, 1.82) is 0 Å². The Hall–Kier alpha value is -4.81. The van der Waals surface area contributed by atoms with Crippen molar-refractivity contribution in [3.8, 4) is 23.1 Å². The van der Waals surface area contributed by atoms with Crippen molar-refractivity contribution in [2.75, 3.05) is 7.11 Å². The Morgan fingerprint density at radius 2 is 1.81 bits per heavy atom. The second kappa shape index (κ2) is 11.8. The number of nitro benzene ring substituents is 1. The van der Waals surface area contributed by atoms with E-state index in [0.717, 1.165) is 14.7 Å². The molecule has 0 spiro atoms. The summed E-state index contributed by atoms with van der Waals surface area (Å²) in [6.45, 7) is 0.129. The van der Waals surface area contributed by atoms with Crippen molar-refractivity contribution >= 4 is 65.6 Å². The molecule has 214 valence electrons. The van der Waals surface area contributed by atoms with Crippen LogP contribution >= 0.6 is 31.9 Å². The average molecular weight is 704 g/mol. The molecule has 0 saturated carbocycles. The smallest absolute Gasteiger partial charge is 0.312 e. The van der Waals surface area contributed by atoms with Crippen LogP contribution in [-0.2, 0) is 6.61 Å². The van der Waals surface area contributed by atoms with Crippen LogP contribution in [0.25, 0.3) is 33.5 Å². The SMILES string of the molecule is COc1cccc2oc(-c3nc4ccccc4c(=O)n3N=Cc3cc(Br)c(OCc4ccc(Br)cc4)c([N+](=O)[O-])c3)cc12. The van der Waals surface area contributed by atoms with E-state index in [1.807, 2.05) is 24.3 Å². The molecule has 0 aliphatic heterocycles. The summed E-state index contributed by atoms with van der Waals surface area (Å²) in [5, 5.41) is 17.5. The molecule has 0 radical (unpaired) electrons. The summed E-state index contributed by atoms with van der Waals surface area (Å²) >= 11 is 6.79. The first-order chi connectivity index (χ1) is 20.8. The molecule has 10 nitrogen and oxygen atoms in total. The van der Waals surface area contributed by atoms with Gasteiger partial charge in [0.2, 0.25) is 11.6 Å². The third-order valence-electron chi connectivity index (χ3n) is 6.58. The highest BCUT2D eigenvalue weighted by Gasteiger charge is 2.21. The lowest BCUT2D eigenvalue weighted by molar-refractivity contribution is -0.386. The Morgan fingerprint density at radius 1 is 1.02 bits per heavy atom. The predicted octanol–water partition coefficient (Wildman–Crippen LogP) is 7.71. The van der Waals surface area contributed by atoms with Gasteiger partial charge < -0.3 is 13.9 Å². The van der Waals surface area contributed by atoms with Gasteiger partial charge in [-0.05, 0) is 70.0 Å². The van der Waals surface area contributed by atoms with Crippen LogP contribution in [0.3, 0.4) is 0 Å². The Kier molecular flexibility index (Phi) is 7.78. The van der Waals surface area contributed by atoms with Crippen molar-refractivity contribution in [3.63, 3.8) is 0 Å². The Bertz CT molecular complexity index is 2100. The molecule has 6 rings (SSSR count). The van der Waals surface area contributed by atoms with Crippen LogP contribution in [0.2, 0.25) is 0 Å². The van der Waals surface area contributed by atoms with E-state index in [9.17, 15) is 14.9 Å². The molecular formula is C31H20Br2N4O6. The van der Waals surface area contributed by atoms with Gasteiger partial charge in [0, 0.05) is 16.1 Å². The van der Waals surface area contributed by atoms with Crippen LogP contribution in [0.5, 0.6) is 11.5 Å². The number of fused-ring (bicyclic) bond motifs is 2. The number of para-hydroxylation sites is 1. The van der Waals surface area contributed by atoms with Crippen molar-refractivity contribution < 1.29 is 18.8 Å². The van der Waals surface area contributed by atoms with Gasteiger partial charge in [-0.15, -0.1) is 0 Å². The number of ether oxygens (including phenoxy) is 2. The summed E-state index contributed by atoms with van der Waals surface area (Å²) in [6.07, 6.45) is 1.35. The number of benzene rings is 4. The molecule has 0 aliphatic rings. The molecule has 0 aliphatic carbocycles. The molecule has 6 aromatic rings. The highest BCUT2D eigenvalue weighted by atomic mass is 79.9. The minimum Gasteiger partial charge on any atom is -0.496 e. The molecule has 0 N–H and O–H groups in total. The zero-order chi connectivity index (χ0) is 30.1. The summed E-state index contributed by atoms with van der Waals surface area (Å²) in [5.41, 5.74) is 1.51. The fraction of sp³-hybridized carbons (Fsp3) is 0.0645. The van der Waals surface area contributed by atoms with Gasteiger partial charge >= 0.3 is 5.69 Å². The zero-order valence-electron chi connectivity index (χ0n) is 22.4. The molecule has 2 aromatic heterocycles. The second-order valence-corrected chi connectivity index (χ2v) is 11.1. The molecule has 0 amide bonds. The van der Waals surface area contributed by atoms with E-state index < -0.39 is 10.5 Å². The van der Waals surface area contributed by atoms with Gasteiger partial charge in [-0.2, -0.15) is 9.78 Å². The van der Waals surface area contributed by atoms with Crippen molar-refractivity contribution in [3.05, 3.63) is 125 Å². The maximum atomic E-state index is 13.6. The summed E-state index contributed by atoms with van der Waals surface area (Å²) in [5.74, 6) is 1.13. The molecule has 0 unspecified atom stereocenters. The van der Waals surface area contributed by atoms with E-state index in [0.29, 0.717) is 43.4 Å². The van der Waals surface area contributed by atoms with Gasteiger partial charge in [-0.1, -0.05) is 46.3 Å². The molecule has 0 bridgehead atoms. The Morgan fingerprint density at radius 3 is 2.58 bits per heavy atom. The van der Waals surface area contributed by atoms with E-state index in [1.54, 1.807) is 61.7 Å². The van der Waals surface area contributed by atoms with Crippen LogP contribution < -0.4 is 15.0 Å². The quantitative estimate of drug-likeness (QED) is 0.0904. The van der Waals surface area contributed by atoms with Gasteiger partial charge in [0.05, 0.1) is 39.0 Å². The topological polar surface area (TPSA) is 122 Å². The molecule has 2 heterocycles. The number of hydrogen-bond acceptors (Lipinski definition) is 8. The summed E-state index contributed by atoms with van der Waals surface area (Å²) < 4.78 is 19.7. The summed E-state index contributed by atoms with van der Waals surface area (Å²) in [4.78, 5) is 29.8. The average Bonchev–Trinajstić information content (AvgIpc) is 3.45. The highest BCUT2D eigenvalue weighted by molar-refractivity contribution is 9.10. The van der Waals surface area contributed by atoms with E-state index in [4.69, 9.17) is 13.9 Å². The van der Waals surface area contributed by atoms with E-state index in [2.05, 4.69) is 41.9 Å². The van der Waals surface area contributed by atoms with Crippen LogP contribution in [-0.4, -0.2) is 27.9 Å². The number of hydrogen-bond donors (Lipinski definition) is 0. The van der Waals surface area contributed by atoms with Crippen LogP contribution in [0.15, 0.2) is 108 Å². The first-order valence-electron chi connectivity index (χ1n) is 12.8. The normalized spacial score (nSPS) is 11.4. The summed E-state index contributed by atoms with van der Waals surface area (Å²) in [6, 6.07) is 24.4. The van der Waals surface area contributed by atoms with Gasteiger partial charge in [0.25, 0.3) is 5.56 Å². The minimum absolute atomic E-state index is 0.0755. The summed E-state index contributed by atoms with van der Waals surface area (Å²) in [7, 11) is 1.56. The predicted molar refractivity (Wildman–Crippen MR) is 170 cm³/mol. The van der Waals surface area contributed by atoms with Crippen LogP contribution in [0.4, 0.5) is 5.69 Å². The molecule has 4 aromatic carbocycles. The molecule has 0 atom stereocenters. The first kappa shape index (κ1) is 28.3. The number of nitro groups is 1. The second-order valence-electron chi connectivity index (χ2n) is 9.32. The number of aromatic nitrogens is 2. The van der Waals surface area contributed by atoms with Crippen molar-refractivity contribution in [2.45, 2.75) is 6.61 Å². The number of halogens is 2. The largest absolute Gasteiger partial charge is 0.496 e. The molecular weight excluding hydrogens is 684 g/mol. The Balaban J connectivity index is 1.42. The first-order valence-corrected chi connectivity index (χ1v) is 14.4. The maximum Gasteiger partial charge on any atom is 0.312 e. The number of nitrogens with zero attached hydrogens (tertiary/aromatic N) is 4. The van der Waals surface area contributed by atoms with Gasteiger partial charge in [-0.25, -0.2) is 4.98 Å². The van der Waals surface area contributed by atoms with E-state index in [-0.39, 0.29) is 23.9 Å². The zero-order valence-corrected chi connectivity index (χ0v) is 25.5. The third-order valence-corrected chi connectivity index (χ3v) is 7.70. The molecule has 43 heavy (non-hydrogen) atoms. The van der Waals surface area contributed by atoms with E-state index >= 15 is 0 Å². The van der Waals surface area contributed by atoms with Gasteiger partial charge in [0.1, 0.15) is 17.9 Å². The molecule has 0 fully saturated rings. The number of rotatable bonds is 8. The third kappa shape index (κ3) is 5.66. The number of methoxy groups -OCH3 is 1. The van der Waals surface area contributed by atoms with E-state index in [1.165, 1.54) is 12.3 Å². The van der Waals surface area contributed by atoms with Crippen molar-refractivity contribution in [2.24, 2.45) is 5.10 Å². The fourth-order valence-electron chi connectivity index (χ4n) is 4.53. The van der Waals surface area contributed by atoms with Gasteiger partial charge in [0.15, 0.2) is 5.76 Å². The lowest BCUT2D eigenvalue weighted by Crippen LogP contribution is -2.20. The Labute approximate surface area is 260 Å². The van der Waals surface area contributed by atoms with Crippen molar-refractivity contribution in [1.82, 2.24) is 9.66 Å². The van der Waals surface area contributed by atoms with Gasteiger partial charge in [-0.3, -0.25) is 14.9 Å². The standard InChI is InChI=1S/C31H20Br2N4O6/c1-41-26-7-4-8-27-22(26)15-28(43-27)30-35-24-6-3-2-5-21(24)31(38)36(30)34-16-19-13-23(33)29(25(14-19)37(39)40)42-17-18-9-11-20(32)12-10-18/h2-16H,17H2,1H3. The van der Waals surface area contributed by atoms with Crippen LogP contribution in [0, 0.1) is 10.1 Å². The maximum absolute atomic E-state index is 13.6. The molecule has 12 heteroatoms. The lowest BCUT2D eigenvalue weighted by Gasteiger charge is -2.10.